The molecule has 26 heavy (non-hydrogen) atoms. The molecule has 2 aromatic carbocycles. The van der Waals surface area contributed by atoms with E-state index in [0.717, 1.165) is 5.69 Å². The van der Waals surface area contributed by atoms with Crippen molar-refractivity contribution in [3.63, 3.8) is 0 Å². The van der Waals surface area contributed by atoms with Gasteiger partial charge in [-0.05, 0) is 37.6 Å². The maximum absolute atomic E-state index is 13.0. The summed E-state index contributed by atoms with van der Waals surface area (Å²) in [4.78, 5) is 12.8. The first-order valence-electron chi connectivity index (χ1n) is 8.36. The molecule has 0 bridgehead atoms. The Morgan fingerprint density at radius 1 is 1.00 bits per heavy atom. The van der Waals surface area contributed by atoms with Crippen LogP contribution in [0.15, 0.2) is 47.4 Å². The van der Waals surface area contributed by atoms with Crippen LogP contribution in [0.2, 0.25) is 0 Å². The van der Waals surface area contributed by atoms with Gasteiger partial charge < -0.3 is 4.90 Å². The number of hydrogen-bond acceptors (Lipinski definition) is 5. The summed E-state index contributed by atoms with van der Waals surface area (Å²) in [5.74, 6) is 0. The largest absolute Gasteiger partial charge is 0.369 e. The third-order valence-corrected chi connectivity index (χ3v) is 6.68. The Hall–Kier alpha value is -2.45. The quantitative estimate of drug-likeness (QED) is 0.606. The van der Waals surface area contributed by atoms with Crippen LogP contribution in [-0.2, 0) is 10.0 Å². The first kappa shape index (κ1) is 18.3. The average molecular weight is 375 g/mol. The van der Waals surface area contributed by atoms with E-state index in [4.69, 9.17) is 0 Å². The fourth-order valence-electron chi connectivity index (χ4n) is 3.12. The Morgan fingerprint density at radius 2 is 1.62 bits per heavy atom. The number of hydrogen-bond donors (Lipinski definition) is 0. The molecule has 7 nitrogen and oxygen atoms in total. The van der Waals surface area contributed by atoms with E-state index < -0.39 is 14.9 Å². The minimum absolute atomic E-state index is 0.0135. The number of piperazine rings is 1. The third kappa shape index (κ3) is 3.42. The van der Waals surface area contributed by atoms with Crippen LogP contribution in [0.3, 0.4) is 0 Å². The predicted octanol–water partition coefficient (Wildman–Crippen LogP) is 2.72. The molecular weight excluding hydrogens is 354 g/mol. The molecule has 138 valence electrons. The molecule has 0 spiro atoms. The second kappa shape index (κ2) is 7.05. The summed E-state index contributed by atoms with van der Waals surface area (Å²) in [6.45, 7) is 5.17. The lowest BCUT2D eigenvalue weighted by Crippen LogP contribution is -2.48. The number of sulfonamides is 1. The number of benzene rings is 2. The number of rotatable bonds is 4. The van der Waals surface area contributed by atoms with E-state index in [1.165, 1.54) is 16.4 Å². The Morgan fingerprint density at radius 3 is 2.19 bits per heavy atom. The van der Waals surface area contributed by atoms with Crippen LogP contribution in [0.25, 0.3) is 0 Å². The molecule has 1 aliphatic rings. The Balaban J connectivity index is 1.83. The van der Waals surface area contributed by atoms with Crippen LogP contribution in [0.1, 0.15) is 11.1 Å². The van der Waals surface area contributed by atoms with Crippen LogP contribution in [0.5, 0.6) is 0 Å². The number of nitro groups is 1. The maximum atomic E-state index is 13.0. The summed E-state index contributed by atoms with van der Waals surface area (Å²) in [5.41, 5.74) is 1.99. The van der Waals surface area contributed by atoms with Crippen LogP contribution >= 0.6 is 0 Å². The van der Waals surface area contributed by atoms with Crippen molar-refractivity contribution in [2.75, 3.05) is 31.1 Å². The van der Waals surface area contributed by atoms with Crippen LogP contribution in [0, 0.1) is 24.0 Å². The third-order valence-electron chi connectivity index (χ3n) is 4.81. The first-order chi connectivity index (χ1) is 12.3. The van der Waals surface area contributed by atoms with Crippen molar-refractivity contribution in [1.29, 1.82) is 0 Å². The highest BCUT2D eigenvalue weighted by Gasteiger charge is 2.30. The molecule has 8 heteroatoms. The van der Waals surface area contributed by atoms with Gasteiger partial charge in [-0.15, -0.1) is 0 Å². The van der Waals surface area contributed by atoms with E-state index >= 15 is 0 Å². The minimum Gasteiger partial charge on any atom is -0.369 e. The van der Waals surface area contributed by atoms with Crippen molar-refractivity contribution < 1.29 is 13.3 Å². The summed E-state index contributed by atoms with van der Waals surface area (Å²) in [6.07, 6.45) is 0. The van der Waals surface area contributed by atoms with Gasteiger partial charge in [-0.2, -0.15) is 4.31 Å². The van der Waals surface area contributed by atoms with E-state index in [1.54, 1.807) is 13.8 Å². The number of aryl methyl sites for hydroxylation is 1. The van der Waals surface area contributed by atoms with Crippen LogP contribution in [-0.4, -0.2) is 43.8 Å². The van der Waals surface area contributed by atoms with Gasteiger partial charge in [0, 0.05) is 43.5 Å². The predicted molar refractivity (Wildman–Crippen MR) is 100.0 cm³/mol. The maximum Gasteiger partial charge on any atom is 0.273 e. The zero-order valence-corrected chi connectivity index (χ0v) is 15.6. The van der Waals surface area contributed by atoms with Crippen LogP contribution < -0.4 is 4.90 Å². The molecule has 1 heterocycles. The van der Waals surface area contributed by atoms with Gasteiger partial charge in [-0.3, -0.25) is 10.1 Å². The molecule has 2 aromatic rings. The molecule has 3 rings (SSSR count). The average Bonchev–Trinajstić information content (AvgIpc) is 2.64. The molecule has 0 N–H and O–H groups in total. The van der Waals surface area contributed by atoms with Gasteiger partial charge in [-0.25, -0.2) is 8.42 Å². The van der Waals surface area contributed by atoms with E-state index in [1.807, 2.05) is 30.3 Å². The highest BCUT2D eigenvalue weighted by molar-refractivity contribution is 7.89. The second-order valence-electron chi connectivity index (χ2n) is 6.37. The zero-order chi connectivity index (χ0) is 18.9. The molecule has 0 aliphatic carbocycles. The van der Waals surface area contributed by atoms with Crippen LogP contribution in [0.4, 0.5) is 11.4 Å². The summed E-state index contributed by atoms with van der Waals surface area (Å²) in [7, 11) is -3.76. The van der Waals surface area contributed by atoms with Gasteiger partial charge in [0.2, 0.25) is 10.0 Å². The number of anilines is 1. The lowest BCUT2D eigenvalue weighted by Gasteiger charge is -2.35. The summed E-state index contributed by atoms with van der Waals surface area (Å²) in [6, 6.07) is 12.5. The number of nitro benzene ring substituents is 1. The molecule has 0 radical (unpaired) electrons. The van der Waals surface area contributed by atoms with Crippen molar-refractivity contribution >= 4 is 21.4 Å². The minimum atomic E-state index is -3.76. The molecule has 0 saturated carbocycles. The summed E-state index contributed by atoms with van der Waals surface area (Å²) in [5, 5.41) is 11.2. The molecule has 0 unspecified atom stereocenters. The van der Waals surface area contributed by atoms with Gasteiger partial charge in [0.05, 0.1) is 9.82 Å². The van der Waals surface area contributed by atoms with Gasteiger partial charge in [-0.1, -0.05) is 18.2 Å². The van der Waals surface area contributed by atoms with Crippen molar-refractivity contribution in [3.8, 4) is 0 Å². The van der Waals surface area contributed by atoms with Crippen molar-refractivity contribution in [2.45, 2.75) is 18.7 Å². The van der Waals surface area contributed by atoms with Crippen molar-refractivity contribution in [3.05, 3.63) is 63.7 Å². The van der Waals surface area contributed by atoms with Gasteiger partial charge in [0.25, 0.3) is 5.69 Å². The van der Waals surface area contributed by atoms with E-state index in [9.17, 15) is 18.5 Å². The Bertz CT molecular complexity index is 921. The molecule has 1 aliphatic heterocycles. The van der Waals surface area contributed by atoms with Gasteiger partial charge >= 0.3 is 0 Å². The normalized spacial score (nSPS) is 15.8. The molecule has 1 fully saturated rings. The number of nitrogens with zero attached hydrogens (tertiary/aromatic N) is 3. The molecule has 0 amide bonds. The standard InChI is InChI=1S/C18H21N3O4S/c1-14-12-17(13-18(15(14)2)21(22)23)26(24,25)20-10-8-19(9-11-20)16-6-4-3-5-7-16/h3-7,12-13H,8-11H2,1-2H3. The SMILES string of the molecule is Cc1cc(S(=O)(=O)N2CCN(c3ccccc3)CC2)cc([N+](=O)[O-])c1C. The van der Waals surface area contributed by atoms with E-state index in [0.29, 0.717) is 37.3 Å². The second-order valence-corrected chi connectivity index (χ2v) is 8.31. The van der Waals surface area contributed by atoms with E-state index in [-0.39, 0.29) is 10.6 Å². The van der Waals surface area contributed by atoms with Gasteiger partial charge in [0.15, 0.2) is 0 Å². The summed E-state index contributed by atoms with van der Waals surface area (Å²) < 4.78 is 27.3. The highest BCUT2D eigenvalue weighted by Crippen LogP contribution is 2.28. The fraction of sp³-hybridized carbons (Fsp3) is 0.333. The lowest BCUT2D eigenvalue weighted by molar-refractivity contribution is -0.385. The van der Waals surface area contributed by atoms with E-state index in [2.05, 4.69) is 4.90 Å². The zero-order valence-electron chi connectivity index (χ0n) is 14.8. The lowest BCUT2D eigenvalue weighted by atomic mass is 10.1. The van der Waals surface area contributed by atoms with Crippen molar-refractivity contribution in [2.24, 2.45) is 0 Å². The molecule has 0 atom stereocenters. The Labute approximate surface area is 153 Å². The topological polar surface area (TPSA) is 83.8 Å². The highest BCUT2D eigenvalue weighted by atomic mass is 32.2. The smallest absolute Gasteiger partial charge is 0.273 e. The number of para-hydroxylation sites is 1. The Kier molecular flexibility index (Phi) is 4.97. The summed E-state index contributed by atoms with van der Waals surface area (Å²) >= 11 is 0. The molecule has 1 saturated heterocycles. The molecular formula is C18H21N3O4S. The van der Waals surface area contributed by atoms with Gasteiger partial charge in [0.1, 0.15) is 0 Å². The first-order valence-corrected chi connectivity index (χ1v) is 9.80. The molecule has 0 aromatic heterocycles. The monoisotopic (exact) mass is 375 g/mol. The fourth-order valence-corrected chi connectivity index (χ4v) is 4.65. The van der Waals surface area contributed by atoms with Crippen molar-refractivity contribution in [1.82, 2.24) is 4.31 Å².